The zero-order chi connectivity index (χ0) is 17.6. The number of rotatable bonds is 2. The van der Waals surface area contributed by atoms with Gasteiger partial charge >= 0.3 is 0 Å². The van der Waals surface area contributed by atoms with Crippen molar-refractivity contribution in [1.82, 2.24) is 4.98 Å². The molecule has 1 aliphatic heterocycles. The lowest BCUT2D eigenvalue weighted by Gasteiger charge is -2.31. The van der Waals surface area contributed by atoms with Crippen LogP contribution < -0.4 is 20.7 Å². The van der Waals surface area contributed by atoms with Gasteiger partial charge in [-0.2, -0.15) is 0 Å². The van der Waals surface area contributed by atoms with Crippen molar-refractivity contribution in [2.75, 3.05) is 0 Å². The predicted molar refractivity (Wildman–Crippen MR) is 112 cm³/mol. The lowest BCUT2D eigenvalue weighted by molar-refractivity contribution is 1.32. The molecule has 124 valence electrons. The van der Waals surface area contributed by atoms with Gasteiger partial charge in [-0.3, -0.25) is 4.98 Å². The predicted octanol–water partition coefficient (Wildman–Crippen LogP) is 2.75. The van der Waals surface area contributed by atoms with Crippen molar-refractivity contribution in [3.8, 4) is 11.3 Å². The summed E-state index contributed by atoms with van der Waals surface area (Å²) in [6, 6.07) is 33.1. The van der Waals surface area contributed by atoms with Gasteiger partial charge in [-0.15, -0.1) is 0 Å². The number of hydrogen-bond donors (Lipinski definition) is 0. The number of aryl methyl sites for hydroxylation is 1. The first-order valence-electron chi connectivity index (χ1n) is 9.00. The standard InChI is InChI=1S/C24H19NSi/c1-18-16-17-25-23-21-14-8-9-15-22(21)26(24(18)23,19-10-4-2-5-11-19)20-12-6-3-7-13-20/h2-17H,1H3. The Hall–Kier alpha value is -2.97. The van der Waals surface area contributed by atoms with Crippen LogP contribution in [0.25, 0.3) is 11.3 Å². The van der Waals surface area contributed by atoms with E-state index in [1.165, 1.54) is 37.6 Å². The molecule has 5 rings (SSSR count). The first kappa shape index (κ1) is 15.3. The second-order valence-corrected chi connectivity index (χ2v) is 10.6. The summed E-state index contributed by atoms with van der Waals surface area (Å²) in [6.45, 7) is 2.24. The molecule has 1 aromatic heterocycles. The van der Waals surface area contributed by atoms with Gasteiger partial charge in [0.15, 0.2) is 8.07 Å². The van der Waals surface area contributed by atoms with E-state index in [-0.39, 0.29) is 0 Å². The number of pyridine rings is 1. The normalized spacial score (nSPS) is 13.9. The van der Waals surface area contributed by atoms with Crippen LogP contribution in [0.3, 0.4) is 0 Å². The smallest absolute Gasteiger partial charge is 0.182 e. The first-order chi connectivity index (χ1) is 12.8. The van der Waals surface area contributed by atoms with E-state index in [0.29, 0.717) is 0 Å². The molecule has 26 heavy (non-hydrogen) atoms. The highest BCUT2D eigenvalue weighted by atomic mass is 28.3. The highest BCUT2D eigenvalue weighted by Crippen LogP contribution is 2.27. The highest BCUT2D eigenvalue weighted by Gasteiger charge is 2.49. The zero-order valence-electron chi connectivity index (χ0n) is 14.7. The van der Waals surface area contributed by atoms with E-state index in [9.17, 15) is 0 Å². The van der Waals surface area contributed by atoms with Crippen molar-refractivity contribution in [1.29, 1.82) is 0 Å². The molecule has 0 unspecified atom stereocenters. The van der Waals surface area contributed by atoms with Crippen LogP contribution in [-0.4, -0.2) is 13.1 Å². The largest absolute Gasteiger partial charge is 0.256 e. The van der Waals surface area contributed by atoms with Gasteiger partial charge in [-0.1, -0.05) is 84.9 Å². The average molecular weight is 350 g/mol. The van der Waals surface area contributed by atoms with Crippen LogP contribution in [0.1, 0.15) is 5.56 Å². The van der Waals surface area contributed by atoms with Gasteiger partial charge in [0.25, 0.3) is 0 Å². The molecule has 0 atom stereocenters. The molecule has 0 saturated carbocycles. The Morgan fingerprint density at radius 2 is 1.23 bits per heavy atom. The Bertz CT molecular complexity index is 1050. The highest BCUT2D eigenvalue weighted by molar-refractivity contribution is 7.22. The number of hydrogen-bond acceptors (Lipinski definition) is 1. The molecule has 0 spiro atoms. The fourth-order valence-corrected chi connectivity index (χ4v) is 9.90. The number of nitrogens with zero attached hydrogens (tertiary/aromatic N) is 1. The van der Waals surface area contributed by atoms with Gasteiger partial charge in [0.2, 0.25) is 0 Å². The van der Waals surface area contributed by atoms with Crippen LogP contribution in [0.15, 0.2) is 97.2 Å². The maximum atomic E-state index is 4.84. The van der Waals surface area contributed by atoms with E-state index in [2.05, 4.69) is 97.9 Å². The molecule has 0 bridgehead atoms. The van der Waals surface area contributed by atoms with Gasteiger partial charge in [0, 0.05) is 11.8 Å². The molecule has 2 heterocycles. The second-order valence-electron chi connectivity index (χ2n) is 6.88. The number of benzene rings is 3. The third-order valence-corrected chi connectivity index (χ3v) is 10.6. The molecule has 0 radical (unpaired) electrons. The monoisotopic (exact) mass is 349 g/mol. The van der Waals surface area contributed by atoms with Crippen molar-refractivity contribution in [2.24, 2.45) is 0 Å². The third kappa shape index (κ3) is 1.93. The van der Waals surface area contributed by atoms with E-state index in [1.54, 1.807) is 0 Å². The Morgan fingerprint density at radius 1 is 0.654 bits per heavy atom. The molecule has 0 aliphatic carbocycles. The Balaban J connectivity index is 2.01. The molecule has 0 N–H and O–H groups in total. The van der Waals surface area contributed by atoms with Crippen LogP contribution in [0.4, 0.5) is 0 Å². The molecule has 1 nitrogen and oxygen atoms in total. The lowest BCUT2D eigenvalue weighted by Crippen LogP contribution is -2.73. The average Bonchev–Trinajstić information content (AvgIpc) is 3.02. The lowest BCUT2D eigenvalue weighted by atomic mass is 10.1. The zero-order valence-corrected chi connectivity index (χ0v) is 15.7. The van der Waals surface area contributed by atoms with Gasteiger partial charge in [0.1, 0.15) is 0 Å². The molecular weight excluding hydrogens is 330 g/mol. The maximum absolute atomic E-state index is 4.84. The fraction of sp³-hybridized carbons (Fsp3) is 0.0417. The van der Waals surface area contributed by atoms with Crippen LogP contribution in [-0.2, 0) is 0 Å². The summed E-state index contributed by atoms with van der Waals surface area (Å²) in [4.78, 5) is 4.84. The SMILES string of the molecule is Cc1ccnc2c1[Si](c1ccccc1)(c1ccccc1)c1ccccc1-2. The summed E-state index contributed by atoms with van der Waals surface area (Å²) < 4.78 is 0. The summed E-state index contributed by atoms with van der Waals surface area (Å²) in [5, 5.41) is 5.75. The maximum Gasteiger partial charge on any atom is 0.182 e. The summed E-state index contributed by atoms with van der Waals surface area (Å²) in [5.41, 5.74) is 3.80. The van der Waals surface area contributed by atoms with Crippen molar-refractivity contribution < 1.29 is 0 Å². The second kappa shape index (κ2) is 5.79. The minimum absolute atomic E-state index is 1.17. The van der Waals surface area contributed by atoms with Gasteiger partial charge < -0.3 is 0 Å². The van der Waals surface area contributed by atoms with Crippen LogP contribution >= 0.6 is 0 Å². The Labute approximate surface area is 155 Å². The molecule has 0 amide bonds. The summed E-state index contributed by atoms with van der Waals surface area (Å²) in [7, 11) is -2.33. The van der Waals surface area contributed by atoms with Gasteiger partial charge in [-0.25, -0.2) is 0 Å². The Kier molecular flexibility index (Phi) is 3.40. The number of aromatic nitrogens is 1. The quantitative estimate of drug-likeness (QED) is 0.447. The molecule has 4 aromatic rings. The van der Waals surface area contributed by atoms with E-state index in [0.717, 1.165) is 0 Å². The van der Waals surface area contributed by atoms with Crippen LogP contribution in [0.5, 0.6) is 0 Å². The molecular formula is C24H19NSi. The Morgan fingerprint density at radius 3 is 1.88 bits per heavy atom. The minimum Gasteiger partial charge on any atom is -0.256 e. The summed E-state index contributed by atoms with van der Waals surface area (Å²) in [6.07, 6.45) is 1.95. The van der Waals surface area contributed by atoms with Gasteiger partial charge in [-0.05, 0) is 39.3 Å². The van der Waals surface area contributed by atoms with Crippen molar-refractivity contribution in [2.45, 2.75) is 6.92 Å². The molecule has 3 aromatic carbocycles. The van der Waals surface area contributed by atoms with Crippen molar-refractivity contribution in [3.63, 3.8) is 0 Å². The van der Waals surface area contributed by atoms with Crippen molar-refractivity contribution >= 4 is 28.8 Å². The third-order valence-electron chi connectivity index (χ3n) is 5.53. The van der Waals surface area contributed by atoms with E-state index in [1.807, 2.05) is 6.20 Å². The molecule has 1 aliphatic rings. The topological polar surface area (TPSA) is 12.9 Å². The molecule has 2 heteroatoms. The first-order valence-corrected chi connectivity index (χ1v) is 11.0. The number of fused-ring (bicyclic) bond motifs is 3. The van der Waals surface area contributed by atoms with Gasteiger partial charge in [0.05, 0.1) is 5.69 Å². The van der Waals surface area contributed by atoms with Crippen LogP contribution in [0.2, 0.25) is 0 Å². The summed E-state index contributed by atoms with van der Waals surface area (Å²) >= 11 is 0. The molecule has 0 saturated heterocycles. The van der Waals surface area contributed by atoms with Crippen molar-refractivity contribution in [3.05, 3.63) is 103 Å². The van der Waals surface area contributed by atoms with Crippen LogP contribution in [0, 0.1) is 6.92 Å². The van der Waals surface area contributed by atoms with E-state index >= 15 is 0 Å². The fourth-order valence-electron chi connectivity index (χ4n) is 4.53. The molecule has 0 fully saturated rings. The van der Waals surface area contributed by atoms with E-state index < -0.39 is 8.07 Å². The van der Waals surface area contributed by atoms with E-state index in [4.69, 9.17) is 4.98 Å². The summed E-state index contributed by atoms with van der Waals surface area (Å²) in [5.74, 6) is 0. The minimum atomic E-state index is -2.33.